The third kappa shape index (κ3) is 6.22. The largest absolute Gasteiger partial charge is 0.477 e. The molecular weight excluding hydrogens is 451 g/mol. The average molecular weight is 473 g/mol. The lowest BCUT2D eigenvalue weighted by Gasteiger charge is -2.16. The summed E-state index contributed by atoms with van der Waals surface area (Å²) in [6.45, 7) is 2.17. The fourth-order valence-electron chi connectivity index (χ4n) is 3.00. The average Bonchev–Trinajstić information content (AvgIpc) is 2.80. The normalized spacial score (nSPS) is 11.5. The van der Waals surface area contributed by atoms with Crippen LogP contribution in [-0.2, 0) is 11.2 Å². The molecule has 6 nitrogen and oxygen atoms in total. The molecule has 32 heavy (non-hydrogen) atoms. The summed E-state index contributed by atoms with van der Waals surface area (Å²) in [4.78, 5) is 28.7. The fourth-order valence-corrected chi connectivity index (χ4v) is 3.29. The number of nitrogens with one attached hydrogen (secondary N) is 1. The number of carbonyl (C=O) groups is 2. The molecule has 0 spiro atoms. The molecule has 0 aliphatic heterocycles. The summed E-state index contributed by atoms with van der Waals surface area (Å²) in [7, 11) is 1.33. The number of ether oxygens (including phenoxy) is 2. The molecular formula is C24H22Cl2N2O4. The van der Waals surface area contributed by atoms with Crippen molar-refractivity contribution in [2.75, 3.05) is 13.7 Å². The predicted molar refractivity (Wildman–Crippen MR) is 124 cm³/mol. The predicted octanol–water partition coefficient (Wildman–Crippen LogP) is 5.29. The Labute approximate surface area is 196 Å². The first-order valence-electron chi connectivity index (χ1n) is 9.89. The molecule has 0 aliphatic carbocycles. The Hall–Kier alpha value is -3.09. The number of hydrogen-bond acceptors (Lipinski definition) is 5. The van der Waals surface area contributed by atoms with Crippen molar-refractivity contribution in [3.63, 3.8) is 0 Å². The van der Waals surface area contributed by atoms with Crippen LogP contribution in [0.4, 0.5) is 0 Å². The first-order chi connectivity index (χ1) is 15.4. The minimum atomic E-state index is -0.418. The van der Waals surface area contributed by atoms with Crippen molar-refractivity contribution in [1.82, 2.24) is 10.3 Å². The smallest absolute Gasteiger partial charge is 0.337 e. The summed E-state index contributed by atoms with van der Waals surface area (Å²) >= 11 is 12.0. The first-order valence-corrected chi connectivity index (χ1v) is 10.6. The number of esters is 1. The number of halogens is 2. The van der Waals surface area contributed by atoms with Crippen LogP contribution in [0.25, 0.3) is 0 Å². The van der Waals surface area contributed by atoms with Crippen LogP contribution in [0.5, 0.6) is 5.88 Å². The number of aromatic nitrogens is 1. The van der Waals surface area contributed by atoms with Gasteiger partial charge >= 0.3 is 5.97 Å². The van der Waals surface area contributed by atoms with Gasteiger partial charge in [-0.2, -0.15) is 0 Å². The van der Waals surface area contributed by atoms with Gasteiger partial charge in [-0.15, -0.1) is 0 Å². The standard InChI is InChI=1S/C24H22Cl2N2O4/c1-15(17-5-7-18(8-6-17)24(30)31-2)28-22(29)21-13-20(26)14-27-23(21)32-12-11-16-3-9-19(25)10-4-16/h3-10,13-15H,11-12H2,1-2H3,(H,28,29)/t15-/m0/s1. The molecule has 8 heteroatoms. The monoisotopic (exact) mass is 472 g/mol. The van der Waals surface area contributed by atoms with Gasteiger partial charge in [0.1, 0.15) is 5.56 Å². The maximum Gasteiger partial charge on any atom is 0.337 e. The lowest BCUT2D eigenvalue weighted by Crippen LogP contribution is -2.27. The molecule has 166 valence electrons. The molecule has 0 fully saturated rings. The summed E-state index contributed by atoms with van der Waals surface area (Å²) in [5.41, 5.74) is 2.56. The van der Waals surface area contributed by atoms with Crippen molar-refractivity contribution in [2.45, 2.75) is 19.4 Å². The van der Waals surface area contributed by atoms with E-state index in [-0.39, 0.29) is 23.4 Å². The van der Waals surface area contributed by atoms with Crippen molar-refractivity contribution < 1.29 is 19.1 Å². The van der Waals surface area contributed by atoms with Crippen LogP contribution in [0.2, 0.25) is 10.0 Å². The van der Waals surface area contributed by atoms with E-state index in [9.17, 15) is 9.59 Å². The highest BCUT2D eigenvalue weighted by molar-refractivity contribution is 6.31. The van der Waals surface area contributed by atoms with Crippen LogP contribution in [0.3, 0.4) is 0 Å². The second-order valence-corrected chi connectivity index (χ2v) is 7.91. The summed E-state index contributed by atoms with van der Waals surface area (Å²) in [6, 6.07) is 15.5. The Kier molecular flexibility index (Phi) is 8.09. The second-order valence-electron chi connectivity index (χ2n) is 7.04. The van der Waals surface area contributed by atoms with Gasteiger partial charge in [0.25, 0.3) is 5.91 Å². The van der Waals surface area contributed by atoms with Gasteiger partial charge in [0.15, 0.2) is 0 Å². The molecule has 0 radical (unpaired) electrons. The zero-order valence-electron chi connectivity index (χ0n) is 17.6. The lowest BCUT2D eigenvalue weighted by atomic mass is 10.1. The fraction of sp³-hybridized carbons (Fsp3) is 0.208. The van der Waals surface area contributed by atoms with E-state index in [0.717, 1.165) is 11.1 Å². The Morgan fingerprint density at radius 1 is 1.03 bits per heavy atom. The van der Waals surface area contributed by atoms with Gasteiger partial charge in [0, 0.05) is 17.6 Å². The quantitative estimate of drug-likeness (QED) is 0.450. The third-order valence-corrected chi connectivity index (χ3v) is 5.24. The number of hydrogen-bond donors (Lipinski definition) is 1. The van der Waals surface area contributed by atoms with Crippen LogP contribution in [0.1, 0.15) is 44.8 Å². The van der Waals surface area contributed by atoms with E-state index in [0.29, 0.717) is 28.6 Å². The SMILES string of the molecule is COC(=O)c1ccc([C@H](C)NC(=O)c2cc(Cl)cnc2OCCc2ccc(Cl)cc2)cc1. The highest BCUT2D eigenvalue weighted by Gasteiger charge is 2.18. The molecule has 0 saturated heterocycles. The van der Waals surface area contributed by atoms with E-state index >= 15 is 0 Å². The maximum absolute atomic E-state index is 12.9. The van der Waals surface area contributed by atoms with Gasteiger partial charge in [-0.25, -0.2) is 9.78 Å². The second kappa shape index (κ2) is 11.0. The molecule has 2 aromatic carbocycles. The van der Waals surface area contributed by atoms with Crippen molar-refractivity contribution in [3.05, 3.63) is 93.1 Å². The molecule has 0 bridgehead atoms. The number of benzene rings is 2. The lowest BCUT2D eigenvalue weighted by molar-refractivity contribution is 0.0600. The van der Waals surface area contributed by atoms with Gasteiger partial charge in [-0.3, -0.25) is 4.79 Å². The number of carbonyl (C=O) groups excluding carboxylic acids is 2. The Morgan fingerprint density at radius 3 is 2.38 bits per heavy atom. The van der Waals surface area contributed by atoms with Gasteiger partial charge in [0.05, 0.1) is 30.3 Å². The first kappa shape index (κ1) is 23.6. The Balaban J connectivity index is 1.66. The van der Waals surface area contributed by atoms with Gasteiger partial charge in [0.2, 0.25) is 5.88 Å². The maximum atomic E-state index is 12.9. The summed E-state index contributed by atoms with van der Waals surface area (Å²) in [6.07, 6.45) is 2.07. The molecule has 1 aromatic heterocycles. The highest BCUT2D eigenvalue weighted by atomic mass is 35.5. The number of nitrogens with zero attached hydrogens (tertiary/aromatic N) is 1. The number of methoxy groups -OCH3 is 1. The van der Waals surface area contributed by atoms with E-state index in [1.807, 2.05) is 31.2 Å². The van der Waals surface area contributed by atoms with Gasteiger partial charge in [-0.1, -0.05) is 47.5 Å². The molecule has 0 unspecified atom stereocenters. The highest BCUT2D eigenvalue weighted by Crippen LogP contribution is 2.22. The summed E-state index contributed by atoms with van der Waals surface area (Å²) < 4.78 is 10.5. The van der Waals surface area contributed by atoms with Crippen LogP contribution in [0, 0.1) is 0 Å². The summed E-state index contributed by atoms with van der Waals surface area (Å²) in [5.74, 6) is -0.584. The molecule has 3 rings (SSSR count). The number of pyridine rings is 1. The molecule has 1 amide bonds. The van der Waals surface area contributed by atoms with Crippen molar-refractivity contribution >= 4 is 35.1 Å². The minimum Gasteiger partial charge on any atom is -0.477 e. The van der Waals surface area contributed by atoms with Crippen molar-refractivity contribution in [2.24, 2.45) is 0 Å². The Bertz CT molecular complexity index is 1090. The topological polar surface area (TPSA) is 77.5 Å². The van der Waals surface area contributed by atoms with E-state index < -0.39 is 5.97 Å². The van der Waals surface area contributed by atoms with E-state index in [4.69, 9.17) is 32.7 Å². The molecule has 1 N–H and O–H groups in total. The van der Waals surface area contributed by atoms with Crippen LogP contribution < -0.4 is 10.1 Å². The van der Waals surface area contributed by atoms with Crippen LogP contribution >= 0.6 is 23.2 Å². The molecule has 1 atom stereocenters. The van der Waals surface area contributed by atoms with Gasteiger partial charge < -0.3 is 14.8 Å². The molecule has 1 heterocycles. The zero-order valence-corrected chi connectivity index (χ0v) is 19.1. The van der Waals surface area contributed by atoms with Gasteiger partial charge in [-0.05, 0) is 48.4 Å². The molecule has 3 aromatic rings. The third-order valence-electron chi connectivity index (χ3n) is 4.78. The van der Waals surface area contributed by atoms with Crippen molar-refractivity contribution in [1.29, 1.82) is 0 Å². The summed E-state index contributed by atoms with van der Waals surface area (Å²) in [5, 5.41) is 3.91. The Morgan fingerprint density at radius 2 is 1.72 bits per heavy atom. The minimum absolute atomic E-state index is 0.203. The number of rotatable bonds is 8. The van der Waals surface area contributed by atoms with Crippen LogP contribution in [0.15, 0.2) is 60.8 Å². The zero-order chi connectivity index (χ0) is 23.1. The number of amides is 1. The van der Waals surface area contributed by atoms with Crippen LogP contribution in [-0.4, -0.2) is 30.6 Å². The van der Waals surface area contributed by atoms with E-state index in [2.05, 4.69) is 10.3 Å². The van der Waals surface area contributed by atoms with E-state index in [1.54, 1.807) is 24.3 Å². The van der Waals surface area contributed by atoms with E-state index in [1.165, 1.54) is 19.4 Å². The molecule has 0 saturated carbocycles. The van der Waals surface area contributed by atoms with Crippen molar-refractivity contribution in [3.8, 4) is 5.88 Å². The molecule has 0 aliphatic rings.